The fourth-order valence-electron chi connectivity index (χ4n) is 2.73. The molecule has 1 N–H and O–H groups in total. The van der Waals surface area contributed by atoms with E-state index in [1.807, 2.05) is 12.1 Å². The molecule has 0 aromatic heterocycles. The first-order valence-electron chi connectivity index (χ1n) is 7.74. The lowest BCUT2D eigenvalue weighted by molar-refractivity contribution is 0.327. The molecular formula is C17H28ClNO. The van der Waals surface area contributed by atoms with E-state index in [1.165, 1.54) is 31.2 Å². The third-order valence-corrected chi connectivity index (χ3v) is 4.18. The summed E-state index contributed by atoms with van der Waals surface area (Å²) in [6.07, 6.45) is 4.97. The number of rotatable bonds is 9. The summed E-state index contributed by atoms with van der Waals surface area (Å²) in [5.41, 5.74) is 1.26. The molecule has 2 atom stereocenters. The highest BCUT2D eigenvalue weighted by Gasteiger charge is 2.21. The van der Waals surface area contributed by atoms with Crippen LogP contribution in [0.2, 0.25) is 5.02 Å². The maximum atomic E-state index is 6.27. The van der Waals surface area contributed by atoms with E-state index in [2.05, 4.69) is 32.2 Å². The van der Waals surface area contributed by atoms with E-state index < -0.39 is 0 Å². The van der Waals surface area contributed by atoms with Crippen molar-refractivity contribution in [2.75, 3.05) is 13.7 Å². The van der Waals surface area contributed by atoms with E-state index in [9.17, 15) is 0 Å². The van der Waals surface area contributed by atoms with E-state index in [0.29, 0.717) is 17.0 Å². The molecule has 1 aromatic rings. The lowest BCUT2D eigenvalue weighted by Gasteiger charge is -2.28. The SMILES string of the molecule is CCCCC(CC)C(NCC)c1ccc(OC)c(Cl)c1. The average molecular weight is 298 g/mol. The van der Waals surface area contributed by atoms with Gasteiger partial charge in [-0.1, -0.05) is 57.7 Å². The molecule has 0 heterocycles. The van der Waals surface area contributed by atoms with Gasteiger partial charge in [0.05, 0.1) is 12.1 Å². The molecule has 0 saturated heterocycles. The Kier molecular flexibility index (Phi) is 8.01. The molecule has 0 amide bonds. The van der Waals surface area contributed by atoms with E-state index in [4.69, 9.17) is 16.3 Å². The summed E-state index contributed by atoms with van der Waals surface area (Å²) in [7, 11) is 1.65. The number of halogens is 1. The highest BCUT2D eigenvalue weighted by Crippen LogP contribution is 2.33. The molecule has 0 aliphatic rings. The van der Waals surface area contributed by atoms with Crippen molar-refractivity contribution in [3.05, 3.63) is 28.8 Å². The summed E-state index contributed by atoms with van der Waals surface area (Å²) in [5.74, 6) is 1.40. The Balaban J connectivity index is 2.96. The predicted molar refractivity (Wildman–Crippen MR) is 87.7 cm³/mol. The van der Waals surface area contributed by atoms with E-state index in [0.717, 1.165) is 12.3 Å². The van der Waals surface area contributed by atoms with Crippen molar-refractivity contribution in [2.45, 2.75) is 52.5 Å². The molecule has 0 spiro atoms. The van der Waals surface area contributed by atoms with Crippen molar-refractivity contribution in [3.8, 4) is 5.75 Å². The Morgan fingerprint density at radius 3 is 2.50 bits per heavy atom. The number of methoxy groups -OCH3 is 1. The minimum absolute atomic E-state index is 0.375. The molecule has 2 nitrogen and oxygen atoms in total. The number of hydrogen-bond acceptors (Lipinski definition) is 2. The zero-order valence-electron chi connectivity index (χ0n) is 13.2. The summed E-state index contributed by atoms with van der Waals surface area (Å²) in [5, 5.41) is 4.32. The molecule has 0 saturated carbocycles. The summed E-state index contributed by atoms with van der Waals surface area (Å²) >= 11 is 6.27. The first kappa shape index (κ1) is 17.3. The van der Waals surface area contributed by atoms with Crippen LogP contribution in [0.1, 0.15) is 58.1 Å². The average Bonchev–Trinajstić information content (AvgIpc) is 2.46. The Morgan fingerprint density at radius 1 is 1.25 bits per heavy atom. The first-order chi connectivity index (χ1) is 9.67. The van der Waals surface area contributed by atoms with Crippen molar-refractivity contribution >= 4 is 11.6 Å². The number of hydrogen-bond donors (Lipinski definition) is 1. The van der Waals surface area contributed by atoms with Crippen LogP contribution in [0.15, 0.2) is 18.2 Å². The summed E-state index contributed by atoms with van der Waals surface area (Å²) in [4.78, 5) is 0. The van der Waals surface area contributed by atoms with Crippen LogP contribution in [0.25, 0.3) is 0 Å². The third kappa shape index (κ3) is 4.68. The molecular weight excluding hydrogens is 270 g/mol. The van der Waals surface area contributed by atoms with Crippen LogP contribution < -0.4 is 10.1 Å². The maximum absolute atomic E-state index is 6.27. The molecule has 0 aliphatic heterocycles. The number of ether oxygens (including phenoxy) is 1. The second kappa shape index (κ2) is 9.25. The molecule has 2 unspecified atom stereocenters. The van der Waals surface area contributed by atoms with Gasteiger partial charge >= 0.3 is 0 Å². The number of benzene rings is 1. The van der Waals surface area contributed by atoms with Crippen molar-refractivity contribution in [2.24, 2.45) is 5.92 Å². The summed E-state index contributed by atoms with van der Waals surface area (Å²) in [6, 6.07) is 6.52. The molecule has 0 fully saturated rings. The Bertz CT molecular complexity index is 395. The van der Waals surface area contributed by atoms with Gasteiger partial charge in [0.2, 0.25) is 0 Å². The molecule has 1 rings (SSSR count). The second-order valence-corrected chi connectivity index (χ2v) is 5.65. The molecule has 0 aliphatic carbocycles. The van der Waals surface area contributed by atoms with Crippen molar-refractivity contribution in [3.63, 3.8) is 0 Å². The summed E-state index contributed by atoms with van der Waals surface area (Å²) in [6.45, 7) is 7.65. The highest BCUT2D eigenvalue weighted by atomic mass is 35.5. The molecule has 0 bridgehead atoms. The highest BCUT2D eigenvalue weighted by molar-refractivity contribution is 6.32. The van der Waals surface area contributed by atoms with Crippen molar-refractivity contribution in [1.82, 2.24) is 5.32 Å². The Labute approximate surface area is 128 Å². The second-order valence-electron chi connectivity index (χ2n) is 5.24. The first-order valence-corrected chi connectivity index (χ1v) is 8.12. The molecule has 0 radical (unpaired) electrons. The van der Waals surface area contributed by atoms with Gasteiger partial charge in [0, 0.05) is 6.04 Å². The molecule has 3 heteroatoms. The summed E-state index contributed by atoms with van der Waals surface area (Å²) < 4.78 is 5.24. The van der Waals surface area contributed by atoms with Gasteiger partial charge in [0.25, 0.3) is 0 Å². The van der Waals surface area contributed by atoms with Gasteiger partial charge in [-0.25, -0.2) is 0 Å². The van der Waals surface area contributed by atoms with Gasteiger partial charge in [0.15, 0.2) is 0 Å². The maximum Gasteiger partial charge on any atom is 0.137 e. The topological polar surface area (TPSA) is 21.3 Å². The van der Waals surface area contributed by atoms with Crippen LogP contribution in [0, 0.1) is 5.92 Å². The standard InChI is InChI=1S/C17H28ClNO/c1-5-8-9-13(6-2)17(19-7-3)14-10-11-16(20-4)15(18)12-14/h10-13,17,19H,5-9H2,1-4H3. The van der Waals surface area contributed by atoms with E-state index in [-0.39, 0.29) is 0 Å². The van der Waals surface area contributed by atoms with Crippen LogP contribution in [0.5, 0.6) is 5.75 Å². The van der Waals surface area contributed by atoms with Gasteiger partial charge in [-0.15, -0.1) is 0 Å². The quantitative estimate of drug-likeness (QED) is 0.675. The smallest absolute Gasteiger partial charge is 0.137 e. The fraction of sp³-hybridized carbons (Fsp3) is 0.647. The van der Waals surface area contributed by atoms with Gasteiger partial charge in [-0.3, -0.25) is 0 Å². The zero-order valence-corrected chi connectivity index (χ0v) is 14.0. The van der Waals surface area contributed by atoms with Crippen molar-refractivity contribution in [1.29, 1.82) is 0 Å². The normalized spacial score (nSPS) is 14.1. The number of unbranched alkanes of at least 4 members (excludes halogenated alkanes) is 1. The largest absolute Gasteiger partial charge is 0.495 e. The van der Waals surface area contributed by atoms with Gasteiger partial charge in [-0.2, -0.15) is 0 Å². The van der Waals surface area contributed by atoms with Crippen LogP contribution >= 0.6 is 11.6 Å². The Morgan fingerprint density at radius 2 is 2.00 bits per heavy atom. The molecule has 1 aromatic carbocycles. The van der Waals surface area contributed by atoms with Crippen LogP contribution in [-0.2, 0) is 0 Å². The van der Waals surface area contributed by atoms with Crippen LogP contribution in [0.3, 0.4) is 0 Å². The lowest BCUT2D eigenvalue weighted by atomic mass is 9.87. The van der Waals surface area contributed by atoms with Gasteiger partial charge in [-0.05, 0) is 36.6 Å². The van der Waals surface area contributed by atoms with E-state index >= 15 is 0 Å². The predicted octanol–water partition coefficient (Wildman–Crippen LogP) is 5.22. The minimum atomic E-state index is 0.375. The van der Waals surface area contributed by atoms with Crippen molar-refractivity contribution < 1.29 is 4.74 Å². The molecule has 20 heavy (non-hydrogen) atoms. The fourth-order valence-corrected chi connectivity index (χ4v) is 2.99. The Hall–Kier alpha value is -0.730. The van der Waals surface area contributed by atoms with Gasteiger partial charge < -0.3 is 10.1 Å². The van der Waals surface area contributed by atoms with Crippen LogP contribution in [-0.4, -0.2) is 13.7 Å². The molecule has 114 valence electrons. The number of nitrogens with one attached hydrogen (secondary N) is 1. The lowest BCUT2D eigenvalue weighted by Crippen LogP contribution is -2.28. The third-order valence-electron chi connectivity index (χ3n) is 3.88. The monoisotopic (exact) mass is 297 g/mol. The van der Waals surface area contributed by atoms with Gasteiger partial charge in [0.1, 0.15) is 5.75 Å². The van der Waals surface area contributed by atoms with E-state index in [1.54, 1.807) is 7.11 Å². The minimum Gasteiger partial charge on any atom is -0.495 e. The van der Waals surface area contributed by atoms with Crippen LogP contribution in [0.4, 0.5) is 0 Å². The zero-order chi connectivity index (χ0) is 15.0.